The average molecular weight is 351 g/mol. The van der Waals surface area contributed by atoms with Gasteiger partial charge in [-0.15, -0.1) is 0 Å². The molecule has 2 aliphatic rings. The molecule has 1 aliphatic carbocycles. The summed E-state index contributed by atoms with van der Waals surface area (Å²) in [5.41, 5.74) is -0.844. The van der Waals surface area contributed by atoms with Crippen LogP contribution in [0.15, 0.2) is 12.3 Å². The molecule has 2 fully saturated rings. The van der Waals surface area contributed by atoms with E-state index in [1.54, 1.807) is 0 Å². The number of halogens is 4. The summed E-state index contributed by atoms with van der Waals surface area (Å²) in [5, 5.41) is 3.03. The van der Waals surface area contributed by atoms with Crippen molar-refractivity contribution < 1.29 is 22.6 Å². The zero-order valence-electron chi connectivity index (χ0n) is 12.5. The Bertz CT molecular complexity index is 552. The van der Waals surface area contributed by atoms with Crippen LogP contribution < -0.4 is 5.32 Å². The van der Waals surface area contributed by atoms with Gasteiger partial charge < -0.3 is 14.8 Å². The van der Waals surface area contributed by atoms with Crippen LogP contribution in [0.4, 0.5) is 19.0 Å². The molecule has 1 saturated carbocycles. The summed E-state index contributed by atoms with van der Waals surface area (Å²) in [6.45, 7) is 1.91. The van der Waals surface area contributed by atoms with Crippen LogP contribution in [-0.4, -0.2) is 30.5 Å². The van der Waals surface area contributed by atoms with E-state index in [9.17, 15) is 13.2 Å². The number of rotatable bonds is 3. The van der Waals surface area contributed by atoms with Crippen LogP contribution in [0.25, 0.3) is 0 Å². The van der Waals surface area contributed by atoms with Gasteiger partial charge in [-0.1, -0.05) is 11.6 Å². The number of hydrogen-bond donors (Lipinski definition) is 1. The van der Waals surface area contributed by atoms with Crippen molar-refractivity contribution in [3.8, 4) is 0 Å². The lowest BCUT2D eigenvalue weighted by Gasteiger charge is -2.35. The first-order chi connectivity index (χ1) is 10.9. The molecule has 1 aromatic rings. The van der Waals surface area contributed by atoms with Crippen molar-refractivity contribution >= 4 is 17.4 Å². The van der Waals surface area contributed by atoms with E-state index in [1.165, 1.54) is 0 Å². The zero-order chi connectivity index (χ0) is 16.5. The summed E-state index contributed by atoms with van der Waals surface area (Å²) < 4.78 is 49.1. The van der Waals surface area contributed by atoms with E-state index in [1.807, 2.05) is 0 Å². The summed E-state index contributed by atoms with van der Waals surface area (Å²) in [6, 6.07) is 0.896. The molecule has 3 rings (SSSR count). The van der Waals surface area contributed by atoms with Gasteiger partial charge in [-0.05, 0) is 24.8 Å². The van der Waals surface area contributed by atoms with Crippen LogP contribution in [0, 0.1) is 5.92 Å². The van der Waals surface area contributed by atoms with Crippen molar-refractivity contribution in [2.24, 2.45) is 5.92 Å². The third kappa shape index (κ3) is 3.89. The molecule has 0 radical (unpaired) electrons. The number of alkyl halides is 3. The topological polar surface area (TPSA) is 43.4 Å². The SMILES string of the molecule is FC(F)(F)c1cnc(NCC2CCC3(CC2)OCCO3)c(Cl)c1. The number of ether oxygens (including phenoxy) is 2. The Balaban J connectivity index is 1.53. The van der Waals surface area contributed by atoms with Crippen molar-refractivity contribution in [2.45, 2.75) is 37.6 Å². The summed E-state index contributed by atoms with van der Waals surface area (Å²) in [7, 11) is 0. The first-order valence-corrected chi connectivity index (χ1v) is 8.00. The number of nitrogens with zero attached hydrogens (tertiary/aromatic N) is 1. The van der Waals surface area contributed by atoms with Crippen molar-refractivity contribution in [1.82, 2.24) is 4.98 Å². The van der Waals surface area contributed by atoms with Crippen molar-refractivity contribution in [1.29, 1.82) is 0 Å². The lowest BCUT2D eigenvalue weighted by atomic mass is 9.85. The molecule has 1 N–H and O–H groups in total. The van der Waals surface area contributed by atoms with E-state index in [4.69, 9.17) is 21.1 Å². The smallest absolute Gasteiger partial charge is 0.369 e. The molecule has 23 heavy (non-hydrogen) atoms. The fourth-order valence-electron chi connectivity index (χ4n) is 3.07. The Morgan fingerprint density at radius 3 is 2.48 bits per heavy atom. The number of hydrogen-bond acceptors (Lipinski definition) is 4. The minimum atomic E-state index is -4.44. The van der Waals surface area contributed by atoms with Gasteiger partial charge in [0.05, 0.1) is 23.8 Å². The summed E-state index contributed by atoms with van der Waals surface area (Å²) >= 11 is 5.89. The van der Waals surface area contributed by atoms with E-state index >= 15 is 0 Å². The molecule has 1 saturated heterocycles. The van der Waals surface area contributed by atoms with E-state index < -0.39 is 17.5 Å². The Hall–Kier alpha value is -1.05. The quantitative estimate of drug-likeness (QED) is 0.891. The molecule has 0 unspecified atom stereocenters. The Morgan fingerprint density at radius 1 is 1.26 bits per heavy atom. The molecule has 0 atom stereocenters. The molecule has 128 valence electrons. The number of nitrogens with one attached hydrogen (secondary N) is 1. The fraction of sp³-hybridized carbons (Fsp3) is 0.667. The first-order valence-electron chi connectivity index (χ1n) is 7.62. The number of aromatic nitrogens is 1. The number of anilines is 1. The maximum absolute atomic E-state index is 12.6. The van der Waals surface area contributed by atoms with Crippen LogP contribution >= 0.6 is 11.6 Å². The van der Waals surface area contributed by atoms with Crippen LogP contribution in [0.3, 0.4) is 0 Å². The maximum Gasteiger partial charge on any atom is 0.417 e. The fourth-order valence-corrected chi connectivity index (χ4v) is 3.30. The van der Waals surface area contributed by atoms with Crippen LogP contribution in [0.5, 0.6) is 0 Å². The lowest BCUT2D eigenvalue weighted by Crippen LogP contribution is -2.36. The van der Waals surface area contributed by atoms with Crippen molar-refractivity contribution in [3.63, 3.8) is 0 Å². The van der Waals surface area contributed by atoms with E-state index in [0.29, 0.717) is 25.7 Å². The van der Waals surface area contributed by atoms with Gasteiger partial charge in [0.25, 0.3) is 0 Å². The predicted octanol–water partition coefficient (Wildman–Crippen LogP) is 4.10. The molecule has 8 heteroatoms. The lowest BCUT2D eigenvalue weighted by molar-refractivity contribution is -0.181. The van der Waals surface area contributed by atoms with Crippen LogP contribution in [0.2, 0.25) is 5.02 Å². The van der Waals surface area contributed by atoms with Gasteiger partial charge in [0.2, 0.25) is 0 Å². The highest BCUT2D eigenvalue weighted by atomic mass is 35.5. The van der Waals surface area contributed by atoms with E-state index in [2.05, 4.69) is 10.3 Å². The number of pyridine rings is 1. The van der Waals surface area contributed by atoms with Gasteiger partial charge in [0, 0.05) is 25.6 Å². The van der Waals surface area contributed by atoms with Gasteiger partial charge in [-0.25, -0.2) is 4.98 Å². The molecular weight excluding hydrogens is 333 g/mol. The molecule has 1 spiro atoms. The van der Waals surface area contributed by atoms with Crippen molar-refractivity contribution in [3.05, 3.63) is 22.8 Å². The highest BCUT2D eigenvalue weighted by Crippen LogP contribution is 2.38. The molecule has 0 bridgehead atoms. The van der Waals surface area contributed by atoms with Crippen LogP contribution in [0.1, 0.15) is 31.2 Å². The van der Waals surface area contributed by atoms with Gasteiger partial charge in [0.15, 0.2) is 5.79 Å². The van der Waals surface area contributed by atoms with Gasteiger partial charge in [-0.3, -0.25) is 0 Å². The van der Waals surface area contributed by atoms with Crippen molar-refractivity contribution in [2.75, 3.05) is 25.1 Å². The Kier molecular flexibility index (Phi) is 4.71. The normalized spacial score (nSPS) is 21.7. The Labute approximate surface area is 137 Å². The van der Waals surface area contributed by atoms with Crippen LogP contribution in [-0.2, 0) is 15.7 Å². The molecule has 1 aromatic heterocycles. The molecule has 0 aromatic carbocycles. The highest BCUT2D eigenvalue weighted by Gasteiger charge is 2.40. The second-order valence-corrected chi connectivity index (χ2v) is 6.39. The summed E-state index contributed by atoms with van der Waals surface area (Å²) in [5.74, 6) is 0.280. The largest absolute Gasteiger partial charge is 0.417 e. The summed E-state index contributed by atoms with van der Waals surface area (Å²) in [6.07, 6.45) is -0.0873. The minimum absolute atomic E-state index is 0.0189. The molecule has 2 heterocycles. The molecule has 1 aliphatic heterocycles. The Morgan fingerprint density at radius 2 is 1.91 bits per heavy atom. The third-order valence-corrected chi connectivity index (χ3v) is 4.70. The predicted molar refractivity (Wildman–Crippen MR) is 79.3 cm³/mol. The monoisotopic (exact) mass is 350 g/mol. The van der Waals surface area contributed by atoms with E-state index in [-0.39, 0.29) is 10.8 Å². The van der Waals surface area contributed by atoms with Gasteiger partial charge in [-0.2, -0.15) is 13.2 Å². The second kappa shape index (κ2) is 6.45. The summed E-state index contributed by atoms with van der Waals surface area (Å²) in [4.78, 5) is 3.79. The molecule has 4 nitrogen and oxygen atoms in total. The zero-order valence-corrected chi connectivity index (χ0v) is 13.2. The van der Waals surface area contributed by atoms with E-state index in [0.717, 1.165) is 37.9 Å². The average Bonchev–Trinajstić information content (AvgIpc) is 2.95. The molecule has 0 amide bonds. The third-order valence-electron chi connectivity index (χ3n) is 4.41. The van der Waals surface area contributed by atoms with Gasteiger partial charge in [0.1, 0.15) is 5.82 Å². The highest BCUT2D eigenvalue weighted by molar-refractivity contribution is 6.32. The maximum atomic E-state index is 12.6. The first kappa shape index (κ1) is 16.8. The standard InChI is InChI=1S/C15H18ClF3N2O2/c16-12-7-11(15(17,18)19)9-21-13(12)20-8-10-1-3-14(4-2-10)22-5-6-23-14/h7,9-10H,1-6,8H2,(H,20,21). The minimum Gasteiger partial charge on any atom is -0.369 e. The molecular formula is C15H18ClF3N2O2. The van der Waals surface area contributed by atoms with Gasteiger partial charge >= 0.3 is 6.18 Å². The second-order valence-electron chi connectivity index (χ2n) is 5.98.